The minimum absolute atomic E-state index is 0.136. The number of fused-ring (bicyclic) bond motifs is 2. The second kappa shape index (κ2) is 5.95. The highest BCUT2D eigenvalue weighted by Crippen LogP contribution is 2.41. The molecule has 3 heterocycles. The molecule has 1 aromatic heterocycles. The van der Waals surface area contributed by atoms with Crippen LogP contribution in [0.15, 0.2) is 30.5 Å². The molecule has 0 bridgehead atoms. The van der Waals surface area contributed by atoms with Crippen molar-refractivity contribution in [2.45, 2.75) is 31.8 Å². The average molecular weight is 342 g/mol. The molecule has 2 aromatic rings. The molecular weight excluding hydrogens is 319 g/mol. The van der Waals surface area contributed by atoms with Gasteiger partial charge in [-0.3, -0.25) is 9.69 Å². The molecule has 2 aliphatic rings. The van der Waals surface area contributed by atoms with Crippen LogP contribution in [-0.4, -0.2) is 51.9 Å². The number of hydrogen-bond donors (Lipinski definition) is 0. The SMILES string of the molecule is CC(=O)N1CCC2(CC1)c1ncc(-c3cccc(F)c3)n1CCN2C. The molecule has 1 aromatic carbocycles. The van der Waals surface area contributed by atoms with Crippen LogP contribution in [0.25, 0.3) is 11.3 Å². The first kappa shape index (κ1) is 16.3. The quantitative estimate of drug-likeness (QED) is 0.799. The average Bonchev–Trinajstić information content (AvgIpc) is 3.04. The molecule has 1 amide bonds. The molecule has 132 valence electrons. The predicted molar refractivity (Wildman–Crippen MR) is 93.4 cm³/mol. The molecule has 0 N–H and O–H groups in total. The van der Waals surface area contributed by atoms with Crippen LogP contribution < -0.4 is 0 Å². The van der Waals surface area contributed by atoms with E-state index in [2.05, 4.69) is 16.5 Å². The van der Waals surface area contributed by atoms with Gasteiger partial charge in [-0.15, -0.1) is 0 Å². The lowest BCUT2D eigenvalue weighted by Crippen LogP contribution is -2.56. The fourth-order valence-corrected chi connectivity index (χ4v) is 4.28. The molecule has 1 spiro atoms. The van der Waals surface area contributed by atoms with Crippen LogP contribution in [0.3, 0.4) is 0 Å². The second-order valence-corrected chi connectivity index (χ2v) is 7.09. The minimum Gasteiger partial charge on any atom is -0.343 e. The van der Waals surface area contributed by atoms with Crippen molar-refractivity contribution in [1.29, 1.82) is 0 Å². The number of carbonyl (C=O) groups excluding carboxylic acids is 1. The van der Waals surface area contributed by atoms with Crippen molar-refractivity contribution in [2.75, 3.05) is 26.7 Å². The lowest BCUT2D eigenvalue weighted by atomic mass is 9.83. The lowest BCUT2D eigenvalue weighted by Gasteiger charge is -2.49. The standard InChI is InChI=1S/C19H23FN4O/c1-14(25)23-8-6-19(7-9-23)18-21-13-17(24(18)11-10-22(19)2)15-4-3-5-16(20)12-15/h3-5,12-13H,6-11H2,1-2H3. The number of imidazole rings is 1. The van der Waals surface area contributed by atoms with Crippen LogP contribution in [0.4, 0.5) is 4.39 Å². The fourth-order valence-electron chi connectivity index (χ4n) is 4.28. The number of hydrogen-bond acceptors (Lipinski definition) is 3. The molecular formula is C19H23FN4O. The highest BCUT2D eigenvalue weighted by molar-refractivity contribution is 5.73. The molecule has 6 heteroatoms. The molecule has 0 unspecified atom stereocenters. The number of likely N-dealkylation sites (tertiary alicyclic amines) is 1. The van der Waals surface area contributed by atoms with Gasteiger partial charge in [0.15, 0.2) is 0 Å². The van der Waals surface area contributed by atoms with E-state index < -0.39 is 0 Å². The molecule has 5 nitrogen and oxygen atoms in total. The Morgan fingerprint density at radius 1 is 1.20 bits per heavy atom. The Balaban J connectivity index is 1.73. The zero-order valence-corrected chi connectivity index (χ0v) is 14.7. The van der Waals surface area contributed by atoms with Crippen molar-refractivity contribution in [2.24, 2.45) is 0 Å². The van der Waals surface area contributed by atoms with Crippen LogP contribution in [0, 0.1) is 5.82 Å². The maximum Gasteiger partial charge on any atom is 0.219 e. The minimum atomic E-state index is -0.231. The van der Waals surface area contributed by atoms with Crippen molar-refractivity contribution in [3.63, 3.8) is 0 Å². The van der Waals surface area contributed by atoms with Crippen molar-refractivity contribution < 1.29 is 9.18 Å². The molecule has 0 atom stereocenters. The summed E-state index contributed by atoms with van der Waals surface area (Å²) in [6.07, 6.45) is 3.62. The number of aromatic nitrogens is 2. The normalized spacial score (nSPS) is 19.9. The Kier molecular flexibility index (Phi) is 3.87. The summed E-state index contributed by atoms with van der Waals surface area (Å²) in [5, 5.41) is 0. The molecule has 0 aliphatic carbocycles. The third-order valence-corrected chi connectivity index (χ3v) is 5.82. The Bertz CT molecular complexity index is 808. The van der Waals surface area contributed by atoms with Gasteiger partial charge in [0.05, 0.1) is 17.4 Å². The molecule has 0 radical (unpaired) electrons. The van der Waals surface area contributed by atoms with Gasteiger partial charge in [-0.05, 0) is 32.0 Å². The van der Waals surface area contributed by atoms with Crippen molar-refractivity contribution >= 4 is 5.91 Å². The van der Waals surface area contributed by atoms with Crippen molar-refractivity contribution in [3.05, 3.63) is 42.1 Å². The van der Waals surface area contributed by atoms with Gasteiger partial charge in [-0.2, -0.15) is 0 Å². The number of amides is 1. The number of piperidine rings is 1. The monoisotopic (exact) mass is 342 g/mol. The van der Waals surface area contributed by atoms with Gasteiger partial charge >= 0.3 is 0 Å². The Labute approximate surface area is 147 Å². The summed E-state index contributed by atoms with van der Waals surface area (Å²) in [7, 11) is 2.14. The van der Waals surface area contributed by atoms with Gasteiger partial charge in [0.1, 0.15) is 11.6 Å². The van der Waals surface area contributed by atoms with Crippen LogP contribution in [0.1, 0.15) is 25.6 Å². The number of benzene rings is 1. The fraction of sp³-hybridized carbons (Fsp3) is 0.474. The zero-order valence-electron chi connectivity index (χ0n) is 14.7. The maximum absolute atomic E-state index is 13.6. The van der Waals surface area contributed by atoms with Crippen LogP contribution in [-0.2, 0) is 16.9 Å². The zero-order chi connectivity index (χ0) is 17.6. The smallest absolute Gasteiger partial charge is 0.219 e. The van der Waals surface area contributed by atoms with E-state index in [-0.39, 0.29) is 17.3 Å². The van der Waals surface area contributed by atoms with Crippen LogP contribution in [0.2, 0.25) is 0 Å². The summed E-state index contributed by atoms with van der Waals surface area (Å²) in [4.78, 5) is 20.7. The van der Waals surface area contributed by atoms with E-state index in [1.807, 2.05) is 17.2 Å². The van der Waals surface area contributed by atoms with Crippen molar-refractivity contribution in [1.82, 2.24) is 19.4 Å². The molecule has 2 aliphatic heterocycles. The molecule has 1 saturated heterocycles. The summed E-state index contributed by atoms with van der Waals surface area (Å²) in [6.45, 7) is 4.90. The third-order valence-electron chi connectivity index (χ3n) is 5.82. The first-order valence-electron chi connectivity index (χ1n) is 8.80. The Hall–Kier alpha value is -2.21. The topological polar surface area (TPSA) is 41.4 Å². The number of carbonyl (C=O) groups is 1. The predicted octanol–water partition coefficient (Wildman–Crippen LogP) is 2.47. The van der Waals surface area contributed by atoms with Gasteiger partial charge in [0.2, 0.25) is 5.91 Å². The molecule has 4 rings (SSSR count). The van der Waals surface area contributed by atoms with E-state index in [1.165, 1.54) is 6.07 Å². The number of halogens is 1. The molecule has 25 heavy (non-hydrogen) atoms. The Morgan fingerprint density at radius 2 is 1.96 bits per heavy atom. The van der Waals surface area contributed by atoms with Gasteiger partial charge in [-0.1, -0.05) is 12.1 Å². The largest absolute Gasteiger partial charge is 0.343 e. The van der Waals surface area contributed by atoms with E-state index in [0.29, 0.717) is 0 Å². The van der Waals surface area contributed by atoms with Gasteiger partial charge in [0, 0.05) is 38.7 Å². The van der Waals surface area contributed by atoms with Crippen molar-refractivity contribution in [3.8, 4) is 11.3 Å². The second-order valence-electron chi connectivity index (χ2n) is 7.09. The van der Waals surface area contributed by atoms with Gasteiger partial charge in [0.25, 0.3) is 0 Å². The molecule has 0 saturated carbocycles. The van der Waals surface area contributed by atoms with Gasteiger partial charge in [-0.25, -0.2) is 9.37 Å². The number of rotatable bonds is 1. The van der Waals surface area contributed by atoms with E-state index >= 15 is 0 Å². The maximum atomic E-state index is 13.6. The summed E-state index contributed by atoms with van der Waals surface area (Å²) < 4.78 is 15.9. The van der Waals surface area contributed by atoms with E-state index in [4.69, 9.17) is 4.98 Å². The number of nitrogens with zero attached hydrogens (tertiary/aromatic N) is 4. The summed E-state index contributed by atoms with van der Waals surface area (Å²) in [5.74, 6) is 0.950. The summed E-state index contributed by atoms with van der Waals surface area (Å²) in [6, 6.07) is 6.69. The molecule has 1 fully saturated rings. The Morgan fingerprint density at radius 3 is 2.64 bits per heavy atom. The summed E-state index contributed by atoms with van der Waals surface area (Å²) in [5.41, 5.74) is 1.69. The highest BCUT2D eigenvalue weighted by atomic mass is 19.1. The van der Waals surface area contributed by atoms with Crippen LogP contribution in [0.5, 0.6) is 0 Å². The van der Waals surface area contributed by atoms with E-state index in [1.54, 1.807) is 19.1 Å². The first-order chi connectivity index (χ1) is 12.0. The van der Waals surface area contributed by atoms with Gasteiger partial charge < -0.3 is 9.47 Å². The summed E-state index contributed by atoms with van der Waals surface area (Å²) >= 11 is 0. The van der Waals surface area contributed by atoms with E-state index in [9.17, 15) is 9.18 Å². The lowest BCUT2D eigenvalue weighted by molar-refractivity contribution is -0.132. The third kappa shape index (κ3) is 2.56. The van der Waals surface area contributed by atoms with E-state index in [0.717, 1.165) is 56.1 Å². The highest BCUT2D eigenvalue weighted by Gasteiger charge is 2.46. The van der Waals surface area contributed by atoms with Crippen LogP contribution >= 0.6 is 0 Å². The number of likely N-dealkylation sites (N-methyl/N-ethyl adjacent to an activating group) is 1. The first-order valence-corrected chi connectivity index (χ1v) is 8.80.